The Balaban J connectivity index is 2.37. The molecule has 0 amide bonds. The van der Waals surface area contributed by atoms with E-state index >= 15 is 0 Å². The standard InChI is InChI=1S/C14H21NO2/c1-13(2)7-5-8-14(16,10-13)12-11(17-3)6-4-9-15-12/h4,6,9,16H,5,7-8,10H2,1-3H3. The lowest BCUT2D eigenvalue weighted by molar-refractivity contribution is -0.0488. The van der Waals surface area contributed by atoms with Gasteiger partial charge in [0.15, 0.2) is 0 Å². The van der Waals surface area contributed by atoms with E-state index in [1.54, 1.807) is 13.3 Å². The highest BCUT2D eigenvalue weighted by molar-refractivity contribution is 5.32. The lowest BCUT2D eigenvalue weighted by Crippen LogP contribution is -2.37. The van der Waals surface area contributed by atoms with Crippen molar-refractivity contribution in [1.82, 2.24) is 4.98 Å². The summed E-state index contributed by atoms with van der Waals surface area (Å²) < 4.78 is 5.31. The van der Waals surface area contributed by atoms with E-state index in [9.17, 15) is 5.11 Å². The molecule has 1 aliphatic carbocycles. The van der Waals surface area contributed by atoms with Crippen molar-refractivity contribution in [3.05, 3.63) is 24.0 Å². The first-order valence-electron chi connectivity index (χ1n) is 6.19. The van der Waals surface area contributed by atoms with E-state index in [0.29, 0.717) is 11.4 Å². The van der Waals surface area contributed by atoms with Gasteiger partial charge in [-0.3, -0.25) is 4.98 Å². The summed E-state index contributed by atoms with van der Waals surface area (Å²) in [5, 5.41) is 10.8. The Hall–Kier alpha value is -1.09. The first-order chi connectivity index (χ1) is 7.97. The maximum atomic E-state index is 10.8. The zero-order valence-corrected chi connectivity index (χ0v) is 10.9. The molecule has 1 N–H and O–H groups in total. The van der Waals surface area contributed by atoms with E-state index in [-0.39, 0.29) is 5.41 Å². The number of methoxy groups -OCH3 is 1. The van der Waals surface area contributed by atoms with Gasteiger partial charge in [-0.05, 0) is 43.2 Å². The van der Waals surface area contributed by atoms with Gasteiger partial charge in [0.05, 0.1) is 7.11 Å². The smallest absolute Gasteiger partial charge is 0.143 e. The Morgan fingerprint density at radius 3 is 2.76 bits per heavy atom. The predicted molar refractivity (Wildman–Crippen MR) is 66.9 cm³/mol. The minimum atomic E-state index is -0.839. The number of pyridine rings is 1. The van der Waals surface area contributed by atoms with Crippen LogP contribution in [0.15, 0.2) is 18.3 Å². The van der Waals surface area contributed by atoms with Gasteiger partial charge < -0.3 is 9.84 Å². The molecule has 1 unspecified atom stereocenters. The first kappa shape index (κ1) is 12.4. The molecule has 3 heteroatoms. The molecule has 1 heterocycles. The molecule has 0 spiro atoms. The molecule has 0 aliphatic heterocycles. The van der Waals surface area contributed by atoms with Crippen LogP contribution in [0.25, 0.3) is 0 Å². The van der Waals surface area contributed by atoms with Gasteiger partial charge in [-0.1, -0.05) is 13.8 Å². The lowest BCUT2D eigenvalue weighted by Gasteiger charge is -2.41. The van der Waals surface area contributed by atoms with E-state index in [4.69, 9.17) is 4.74 Å². The maximum absolute atomic E-state index is 10.8. The molecule has 3 nitrogen and oxygen atoms in total. The highest BCUT2D eigenvalue weighted by Crippen LogP contribution is 2.47. The van der Waals surface area contributed by atoms with Gasteiger partial charge in [-0.25, -0.2) is 0 Å². The van der Waals surface area contributed by atoms with Crippen LogP contribution in [0, 0.1) is 5.41 Å². The molecule has 2 rings (SSSR count). The van der Waals surface area contributed by atoms with Crippen LogP contribution in [-0.2, 0) is 5.60 Å². The van der Waals surface area contributed by atoms with Crippen molar-refractivity contribution < 1.29 is 9.84 Å². The number of hydrogen-bond acceptors (Lipinski definition) is 3. The summed E-state index contributed by atoms with van der Waals surface area (Å²) in [5.41, 5.74) is 0.0134. The second-order valence-electron chi connectivity index (χ2n) is 5.78. The van der Waals surface area contributed by atoms with Gasteiger partial charge in [-0.15, -0.1) is 0 Å². The molecule has 0 saturated heterocycles. The van der Waals surface area contributed by atoms with Crippen LogP contribution in [0.4, 0.5) is 0 Å². The third-order valence-electron chi connectivity index (χ3n) is 3.65. The van der Waals surface area contributed by atoms with Crippen LogP contribution in [0.5, 0.6) is 5.75 Å². The van der Waals surface area contributed by atoms with Crippen LogP contribution in [0.1, 0.15) is 45.2 Å². The Labute approximate surface area is 103 Å². The normalized spacial score (nSPS) is 27.8. The van der Waals surface area contributed by atoms with Crippen molar-refractivity contribution in [3.8, 4) is 5.75 Å². The molecule has 0 bridgehead atoms. The average molecular weight is 235 g/mol. The SMILES string of the molecule is COc1cccnc1C1(O)CCCC(C)(C)C1. The van der Waals surface area contributed by atoms with Gasteiger partial charge in [0, 0.05) is 6.20 Å². The molecule has 0 aromatic carbocycles. The van der Waals surface area contributed by atoms with E-state index < -0.39 is 5.60 Å². The summed E-state index contributed by atoms with van der Waals surface area (Å²) in [7, 11) is 1.62. The highest BCUT2D eigenvalue weighted by atomic mass is 16.5. The maximum Gasteiger partial charge on any atom is 0.143 e. The van der Waals surface area contributed by atoms with E-state index in [1.165, 1.54) is 0 Å². The lowest BCUT2D eigenvalue weighted by atomic mass is 9.68. The number of hydrogen-bond donors (Lipinski definition) is 1. The molecule has 1 saturated carbocycles. The van der Waals surface area contributed by atoms with Gasteiger partial charge in [0.25, 0.3) is 0 Å². The minimum Gasteiger partial charge on any atom is -0.495 e. The molecule has 17 heavy (non-hydrogen) atoms. The van der Waals surface area contributed by atoms with Crippen molar-refractivity contribution in [2.75, 3.05) is 7.11 Å². The summed E-state index contributed by atoms with van der Waals surface area (Å²) in [6, 6.07) is 3.70. The monoisotopic (exact) mass is 235 g/mol. The fourth-order valence-electron chi connectivity index (χ4n) is 2.93. The van der Waals surface area contributed by atoms with Gasteiger partial charge in [0.2, 0.25) is 0 Å². The minimum absolute atomic E-state index is 0.162. The molecule has 1 aliphatic rings. The Bertz CT molecular complexity index is 403. The third kappa shape index (κ3) is 2.44. The first-order valence-corrected chi connectivity index (χ1v) is 6.19. The molecular formula is C14H21NO2. The quantitative estimate of drug-likeness (QED) is 0.857. The topological polar surface area (TPSA) is 42.4 Å². The average Bonchev–Trinajstić information content (AvgIpc) is 2.27. The number of rotatable bonds is 2. The number of nitrogens with zero attached hydrogens (tertiary/aromatic N) is 1. The fourth-order valence-corrected chi connectivity index (χ4v) is 2.93. The predicted octanol–water partition coefficient (Wildman–Crippen LogP) is 2.88. The summed E-state index contributed by atoms with van der Waals surface area (Å²) in [6.45, 7) is 4.40. The molecule has 1 atom stereocenters. The molecule has 1 aromatic rings. The van der Waals surface area contributed by atoms with Crippen molar-refractivity contribution >= 4 is 0 Å². The summed E-state index contributed by atoms with van der Waals surface area (Å²) in [5.74, 6) is 0.688. The van der Waals surface area contributed by atoms with Gasteiger partial charge in [0.1, 0.15) is 17.0 Å². The molecule has 94 valence electrons. The van der Waals surface area contributed by atoms with Crippen molar-refractivity contribution in [2.24, 2.45) is 5.41 Å². The van der Waals surface area contributed by atoms with Crippen LogP contribution in [0.3, 0.4) is 0 Å². The number of ether oxygens (including phenoxy) is 1. The highest BCUT2D eigenvalue weighted by Gasteiger charge is 2.42. The second kappa shape index (κ2) is 4.30. The van der Waals surface area contributed by atoms with E-state index in [2.05, 4.69) is 18.8 Å². The Kier molecular flexibility index (Phi) is 3.13. The number of aromatic nitrogens is 1. The molecule has 1 fully saturated rings. The van der Waals surface area contributed by atoms with Gasteiger partial charge >= 0.3 is 0 Å². The van der Waals surface area contributed by atoms with Gasteiger partial charge in [-0.2, -0.15) is 0 Å². The summed E-state index contributed by atoms with van der Waals surface area (Å²) >= 11 is 0. The van der Waals surface area contributed by atoms with E-state index in [1.807, 2.05) is 12.1 Å². The third-order valence-corrected chi connectivity index (χ3v) is 3.65. The number of aliphatic hydroxyl groups is 1. The van der Waals surface area contributed by atoms with Crippen molar-refractivity contribution in [3.63, 3.8) is 0 Å². The molecule has 1 aromatic heterocycles. The van der Waals surface area contributed by atoms with Crippen LogP contribution >= 0.6 is 0 Å². The van der Waals surface area contributed by atoms with Crippen LogP contribution < -0.4 is 4.74 Å². The Morgan fingerprint density at radius 2 is 2.12 bits per heavy atom. The van der Waals surface area contributed by atoms with Crippen LogP contribution in [-0.4, -0.2) is 17.2 Å². The molecular weight excluding hydrogens is 214 g/mol. The molecule has 0 radical (unpaired) electrons. The van der Waals surface area contributed by atoms with Crippen molar-refractivity contribution in [1.29, 1.82) is 0 Å². The zero-order chi connectivity index (χ0) is 12.5. The Morgan fingerprint density at radius 1 is 1.35 bits per heavy atom. The largest absolute Gasteiger partial charge is 0.495 e. The van der Waals surface area contributed by atoms with E-state index in [0.717, 1.165) is 25.7 Å². The summed E-state index contributed by atoms with van der Waals surface area (Å²) in [4.78, 5) is 4.34. The summed E-state index contributed by atoms with van der Waals surface area (Å²) in [6.07, 6.45) is 5.42. The fraction of sp³-hybridized carbons (Fsp3) is 0.643. The van der Waals surface area contributed by atoms with Crippen molar-refractivity contribution in [2.45, 2.75) is 45.1 Å². The van der Waals surface area contributed by atoms with Crippen LogP contribution in [0.2, 0.25) is 0 Å². The zero-order valence-electron chi connectivity index (χ0n) is 10.9. The second-order valence-corrected chi connectivity index (χ2v) is 5.78.